The predicted octanol–water partition coefficient (Wildman–Crippen LogP) is 5.97. The highest BCUT2D eigenvalue weighted by Gasteiger charge is 2.29. The van der Waals surface area contributed by atoms with Crippen LogP contribution in [0.4, 0.5) is 5.69 Å². The number of hydrogen-bond acceptors (Lipinski definition) is 2. The highest BCUT2D eigenvalue weighted by Crippen LogP contribution is 2.26. The Labute approximate surface area is 216 Å². The molecule has 4 aromatic carbocycles. The number of hydrogen-bond donors (Lipinski definition) is 3. The van der Waals surface area contributed by atoms with Gasteiger partial charge in [0.25, 0.3) is 0 Å². The van der Waals surface area contributed by atoms with E-state index < -0.39 is 12.0 Å². The number of benzene rings is 4. The molecule has 0 saturated carbocycles. The largest absolute Gasteiger partial charge is 0.361 e. The number of aryl methyl sites for hydroxylation is 1. The van der Waals surface area contributed by atoms with E-state index in [1.165, 1.54) is 0 Å². The molecule has 0 saturated heterocycles. The molecule has 0 aliphatic carbocycles. The predicted molar refractivity (Wildman–Crippen MR) is 148 cm³/mol. The quantitative estimate of drug-likeness (QED) is 0.252. The Morgan fingerprint density at radius 2 is 1.32 bits per heavy atom. The molecular weight excluding hydrogens is 458 g/mol. The number of aromatic nitrogens is 1. The number of fused-ring (bicyclic) bond motifs is 1. The summed E-state index contributed by atoms with van der Waals surface area (Å²) in [4.78, 5) is 30.8. The van der Waals surface area contributed by atoms with Gasteiger partial charge in [0.05, 0.1) is 5.92 Å². The van der Waals surface area contributed by atoms with Gasteiger partial charge in [0, 0.05) is 29.2 Å². The molecule has 0 bridgehead atoms. The molecule has 5 nitrogen and oxygen atoms in total. The van der Waals surface area contributed by atoms with E-state index in [-0.39, 0.29) is 11.8 Å². The molecule has 37 heavy (non-hydrogen) atoms. The van der Waals surface area contributed by atoms with Crippen molar-refractivity contribution in [3.05, 3.63) is 138 Å². The van der Waals surface area contributed by atoms with Crippen LogP contribution >= 0.6 is 0 Å². The SMILES string of the molecule is Cc1ccccc1NC(=O)[C@@H](Cc1c[nH]c2ccccc12)NC(=O)C(c1ccccc1)c1ccccc1. The van der Waals surface area contributed by atoms with Crippen LogP contribution in [0.15, 0.2) is 115 Å². The van der Waals surface area contributed by atoms with E-state index in [2.05, 4.69) is 15.6 Å². The Morgan fingerprint density at radius 3 is 2.00 bits per heavy atom. The van der Waals surface area contributed by atoms with E-state index in [1.54, 1.807) is 0 Å². The summed E-state index contributed by atoms with van der Waals surface area (Å²) in [7, 11) is 0. The van der Waals surface area contributed by atoms with Crippen LogP contribution in [0, 0.1) is 6.92 Å². The third kappa shape index (κ3) is 5.46. The van der Waals surface area contributed by atoms with E-state index in [1.807, 2.05) is 122 Å². The molecule has 3 N–H and O–H groups in total. The maximum absolute atomic E-state index is 13.9. The van der Waals surface area contributed by atoms with Crippen LogP contribution in [-0.4, -0.2) is 22.8 Å². The zero-order valence-corrected chi connectivity index (χ0v) is 20.6. The Morgan fingerprint density at radius 1 is 0.730 bits per heavy atom. The van der Waals surface area contributed by atoms with Crippen molar-refractivity contribution in [1.82, 2.24) is 10.3 Å². The van der Waals surface area contributed by atoms with Gasteiger partial charge in [-0.05, 0) is 41.3 Å². The van der Waals surface area contributed by atoms with Gasteiger partial charge in [-0.15, -0.1) is 0 Å². The van der Waals surface area contributed by atoms with Gasteiger partial charge in [-0.1, -0.05) is 97.1 Å². The zero-order valence-electron chi connectivity index (χ0n) is 20.6. The van der Waals surface area contributed by atoms with E-state index in [4.69, 9.17) is 0 Å². The first-order chi connectivity index (χ1) is 18.1. The normalized spacial score (nSPS) is 11.8. The first kappa shape index (κ1) is 24.1. The molecule has 5 heteroatoms. The lowest BCUT2D eigenvalue weighted by molar-refractivity contribution is -0.126. The second kappa shape index (κ2) is 11.0. The molecular formula is C32H29N3O2. The van der Waals surface area contributed by atoms with Gasteiger partial charge in [-0.2, -0.15) is 0 Å². The van der Waals surface area contributed by atoms with Crippen LogP contribution in [0.25, 0.3) is 10.9 Å². The lowest BCUT2D eigenvalue weighted by atomic mass is 9.90. The Kier molecular flexibility index (Phi) is 7.13. The third-order valence-corrected chi connectivity index (χ3v) is 6.66. The van der Waals surface area contributed by atoms with Crippen LogP contribution in [0.5, 0.6) is 0 Å². The van der Waals surface area contributed by atoms with Gasteiger partial charge >= 0.3 is 0 Å². The third-order valence-electron chi connectivity index (χ3n) is 6.66. The van der Waals surface area contributed by atoms with Gasteiger partial charge in [-0.3, -0.25) is 9.59 Å². The number of carbonyl (C=O) groups is 2. The molecule has 5 aromatic rings. The number of rotatable bonds is 8. The summed E-state index contributed by atoms with van der Waals surface area (Å²) in [5.41, 5.74) is 5.39. The minimum atomic E-state index is -0.777. The highest BCUT2D eigenvalue weighted by atomic mass is 16.2. The number of H-pyrrole nitrogens is 1. The zero-order chi connectivity index (χ0) is 25.6. The van der Waals surface area contributed by atoms with Gasteiger partial charge < -0.3 is 15.6 Å². The van der Waals surface area contributed by atoms with Crippen LogP contribution in [0.2, 0.25) is 0 Å². The van der Waals surface area contributed by atoms with Crippen molar-refractivity contribution in [3.8, 4) is 0 Å². The highest BCUT2D eigenvalue weighted by molar-refractivity contribution is 5.99. The summed E-state index contributed by atoms with van der Waals surface area (Å²) in [5, 5.41) is 7.16. The summed E-state index contributed by atoms with van der Waals surface area (Å²) >= 11 is 0. The van der Waals surface area contributed by atoms with Crippen LogP contribution < -0.4 is 10.6 Å². The van der Waals surface area contributed by atoms with Crippen molar-refractivity contribution in [2.75, 3.05) is 5.32 Å². The molecule has 0 fully saturated rings. The lowest BCUT2D eigenvalue weighted by Crippen LogP contribution is -2.47. The molecule has 0 radical (unpaired) electrons. The average Bonchev–Trinajstić information content (AvgIpc) is 3.34. The van der Waals surface area contributed by atoms with E-state index in [9.17, 15) is 9.59 Å². The van der Waals surface area contributed by atoms with Gasteiger partial charge in [0.1, 0.15) is 6.04 Å². The first-order valence-electron chi connectivity index (χ1n) is 12.4. The minimum absolute atomic E-state index is 0.220. The molecule has 0 aliphatic heterocycles. The molecule has 1 atom stereocenters. The van der Waals surface area contributed by atoms with E-state index >= 15 is 0 Å². The summed E-state index contributed by atoms with van der Waals surface area (Å²) < 4.78 is 0. The summed E-state index contributed by atoms with van der Waals surface area (Å²) in [6.45, 7) is 1.95. The van der Waals surface area contributed by atoms with Crippen molar-refractivity contribution in [2.45, 2.75) is 25.3 Å². The molecule has 1 heterocycles. The van der Waals surface area contributed by atoms with Gasteiger partial charge in [0.2, 0.25) is 11.8 Å². The second-order valence-electron chi connectivity index (χ2n) is 9.18. The summed E-state index contributed by atoms with van der Waals surface area (Å²) in [6, 6.07) is 34.2. The number of anilines is 1. The van der Waals surface area contributed by atoms with Crippen LogP contribution in [0.3, 0.4) is 0 Å². The molecule has 1 aromatic heterocycles. The fourth-order valence-corrected chi connectivity index (χ4v) is 4.70. The number of aromatic amines is 1. The molecule has 2 amide bonds. The average molecular weight is 488 g/mol. The van der Waals surface area contributed by atoms with Crippen molar-refractivity contribution < 1.29 is 9.59 Å². The Balaban J connectivity index is 1.48. The molecule has 0 spiro atoms. The monoisotopic (exact) mass is 487 g/mol. The van der Waals surface area contributed by atoms with Crippen LogP contribution in [0.1, 0.15) is 28.2 Å². The van der Waals surface area contributed by atoms with Gasteiger partial charge in [0.15, 0.2) is 0 Å². The molecule has 184 valence electrons. The Bertz CT molecular complexity index is 1470. The van der Waals surface area contributed by atoms with E-state index in [0.29, 0.717) is 6.42 Å². The standard InChI is InChI=1S/C32H29N3O2/c1-22-12-8-10-18-27(22)34-31(36)29(20-25-21-33-28-19-11-9-17-26(25)28)35-32(37)30(23-13-4-2-5-14-23)24-15-6-3-7-16-24/h2-19,21,29-30,33H,20H2,1H3,(H,34,36)(H,35,37)/t29-/m1/s1. The fourth-order valence-electron chi connectivity index (χ4n) is 4.70. The maximum atomic E-state index is 13.9. The van der Waals surface area contributed by atoms with Crippen molar-refractivity contribution in [1.29, 1.82) is 0 Å². The minimum Gasteiger partial charge on any atom is -0.361 e. The fraction of sp³-hybridized carbons (Fsp3) is 0.125. The summed E-state index contributed by atoms with van der Waals surface area (Å²) in [5.74, 6) is -1.02. The molecule has 0 unspecified atom stereocenters. The smallest absolute Gasteiger partial charge is 0.247 e. The number of carbonyl (C=O) groups excluding carboxylic acids is 2. The second-order valence-corrected chi connectivity index (χ2v) is 9.18. The molecule has 5 rings (SSSR count). The van der Waals surface area contributed by atoms with Crippen molar-refractivity contribution in [3.63, 3.8) is 0 Å². The topological polar surface area (TPSA) is 74.0 Å². The number of amides is 2. The van der Waals surface area contributed by atoms with E-state index in [0.717, 1.165) is 38.8 Å². The Hall–Kier alpha value is -4.64. The number of para-hydroxylation sites is 2. The number of nitrogens with one attached hydrogen (secondary N) is 3. The first-order valence-corrected chi connectivity index (χ1v) is 12.4. The summed E-state index contributed by atoms with van der Waals surface area (Å²) in [6.07, 6.45) is 2.26. The van der Waals surface area contributed by atoms with Crippen LogP contribution in [-0.2, 0) is 16.0 Å². The lowest BCUT2D eigenvalue weighted by Gasteiger charge is -2.23. The van der Waals surface area contributed by atoms with Crippen molar-refractivity contribution >= 4 is 28.4 Å². The van der Waals surface area contributed by atoms with Gasteiger partial charge in [-0.25, -0.2) is 0 Å². The van der Waals surface area contributed by atoms with Crippen molar-refractivity contribution in [2.24, 2.45) is 0 Å². The maximum Gasteiger partial charge on any atom is 0.247 e. The molecule has 0 aliphatic rings.